The van der Waals surface area contributed by atoms with E-state index >= 15 is 0 Å². The first-order valence-electron chi connectivity index (χ1n) is 7.23. The molecule has 0 unspecified atom stereocenters. The van der Waals surface area contributed by atoms with Gasteiger partial charge in [0.2, 0.25) is 0 Å². The minimum atomic E-state index is -3.59. The van der Waals surface area contributed by atoms with E-state index in [2.05, 4.69) is 40.7 Å². The Balaban J connectivity index is 2.47. The van der Waals surface area contributed by atoms with Crippen molar-refractivity contribution in [1.82, 2.24) is 19.8 Å². The van der Waals surface area contributed by atoms with Crippen LogP contribution in [0.15, 0.2) is 5.03 Å². The van der Waals surface area contributed by atoms with Crippen LogP contribution in [0.25, 0.3) is 0 Å². The summed E-state index contributed by atoms with van der Waals surface area (Å²) < 4.78 is 26.9. The van der Waals surface area contributed by atoms with Gasteiger partial charge >= 0.3 is 0 Å². The minimum absolute atomic E-state index is 0.0156. The molecular formula is C13H27N5O2S. The number of nitrogens with zero attached hydrogens (tertiary/aromatic N) is 2. The molecule has 4 N–H and O–H groups in total. The first-order chi connectivity index (χ1) is 9.79. The van der Waals surface area contributed by atoms with Crippen LogP contribution in [0, 0.1) is 6.92 Å². The van der Waals surface area contributed by atoms with Gasteiger partial charge in [-0.3, -0.25) is 5.10 Å². The fourth-order valence-electron chi connectivity index (χ4n) is 1.91. The van der Waals surface area contributed by atoms with E-state index < -0.39 is 10.0 Å². The van der Waals surface area contributed by atoms with Crippen molar-refractivity contribution in [2.45, 2.75) is 51.2 Å². The van der Waals surface area contributed by atoms with Gasteiger partial charge in [-0.05, 0) is 47.2 Å². The second kappa shape index (κ2) is 7.88. The van der Waals surface area contributed by atoms with Gasteiger partial charge in [-0.2, -0.15) is 5.10 Å². The van der Waals surface area contributed by atoms with Gasteiger partial charge < -0.3 is 10.6 Å². The van der Waals surface area contributed by atoms with Crippen LogP contribution in [0.5, 0.6) is 0 Å². The molecule has 1 aromatic rings. The summed E-state index contributed by atoms with van der Waals surface area (Å²) >= 11 is 0. The SMILES string of the molecule is Cc1[nH]nc(S(=O)(=O)NCCCCN(C)C(C)C)c1CN. The molecule has 0 amide bonds. The second-order valence-electron chi connectivity index (χ2n) is 5.52. The topological polar surface area (TPSA) is 104 Å². The maximum atomic E-state index is 12.2. The number of aromatic amines is 1. The number of nitrogens with two attached hydrogens (primary N) is 1. The molecule has 0 aliphatic heterocycles. The van der Waals surface area contributed by atoms with Crippen molar-refractivity contribution in [2.24, 2.45) is 5.73 Å². The summed E-state index contributed by atoms with van der Waals surface area (Å²) in [5.74, 6) is 0. The molecular weight excluding hydrogens is 290 g/mol. The number of aryl methyl sites for hydroxylation is 1. The number of hydrogen-bond acceptors (Lipinski definition) is 5. The highest BCUT2D eigenvalue weighted by Crippen LogP contribution is 2.15. The maximum absolute atomic E-state index is 12.2. The molecule has 21 heavy (non-hydrogen) atoms. The largest absolute Gasteiger partial charge is 0.326 e. The van der Waals surface area contributed by atoms with E-state index in [1.165, 1.54) is 0 Å². The maximum Gasteiger partial charge on any atom is 0.260 e. The lowest BCUT2D eigenvalue weighted by Gasteiger charge is -2.20. The Bertz CT molecular complexity index is 539. The van der Waals surface area contributed by atoms with E-state index in [9.17, 15) is 8.42 Å². The Morgan fingerprint density at radius 1 is 1.38 bits per heavy atom. The molecule has 0 saturated heterocycles. The van der Waals surface area contributed by atoms with E-state index in [-0.39, 0.29) is 11.6 Å². The monoisotopic (exact) mass is 317 g/mol. The molecule has 1 rings (SSSR count). The van der Waals surface area contributed by atoms with Crippen molar-refractivity contribution in [3.8, 4) is 0 Å². The first-order valence-corrected chi connectivity index (χ1v) is 8.71. The van der Waals surface area contributed by atoms with Crippen molar-refractivity contribution in [1.29, 1.82) is 0 Å². The summed E-state index contributed by atoms with van der Waals surface area (Å²) in [6.07, 6.45) is 1.73. The molecule has 0 fully saturated rings. The highest BCUT2D eigenvalue weighted by atomic mass is 32.2. The van der Waals surface area contributed by atoms with Crippen LogP contribution >= 0.6 is 0 Å². The number of H-pyrrole nitrogens is 1. The van der Waals surface area contributed by atoms with E-state index in [0.717, 1.165) is 19.4 Å². The number of unbranched alkanes of at least 4 members (excludes halogenated alkanes) is 1. The summed E-state index contributed by atoms with van der Waals surface area (Å²) in [6.45, 7) is 7.54. The van der Waals surface area contributed by atoms with Crippen molar-refractivity contribution >= 4 is 10.0 Å². The third-order valence-corrected chi connectivity index (χ3v) is 5.04. The Morgan fingerprint density at radius 3 is 2.62 bits per heavy atom. The molecule has 7 nitrogen and oxygen atoms in total. The highest BCUT2D eigenvalue weighted by molar-refractivity contribution is 7.89. The molecule has 1 aromatic heterocycles. The summed E-state index contributed by atoms with van der Waals surface area (Å²) in [5, 5.41) is 6.53. The number of hydrogen-bond donors (Lipinski definition) is 3. The standard InChI is InChI=1S/C13H27N5O2S/c1-10(2)18(4)8-6-5-7-15-21(19,20)13-12(9-14)11(3)16-17-13/h10,15H,5-9,14H2,1-4H3,(H,16,17). The van der Waals surface area contributed by atoms with E-state index in [0.29, 0.717) is 23.8 Å². The number of sulfonamides is 1. The Labute approximate surface area is 127 Å². The summed E-state index contributed by atoms with van der Waals surface area (Å²) in [5.41, 5.74) is 6.81. The van der Waals surface area contributed by atoms with Crippen LogP contribution in [0.3, 0.4) is 0 Å². The van der Waals surface area contributed by atoms with Crippen LogP contribution in [0.4, 0.5) is 0 Å². The highest BCUT2D eigenvalue weighted by Gasteiger charge is 2.22. The van der Waals surface area contributed by atoms with Gasteiger partial charge in [0.25, 0.3) is 10.0 Å². The van der Waals surface area contributed by atoms with E-state index in [1.807, 2.05) is 0 Å². The molecule has 1 heterocycles. The normalized spacial score (nSPS) is 12.5. The molecule has 0 aliphatic rings. The van der Waals surface area contributed by atoms with Gasteiger partial charge in [-0.1, -0.05) is 0 Å². The molecule has 0 saturated carbocycles. The summed E-state index contributed by atoms with van der Waals surface area (Å²) in [6, 6.07) is 0.501. The van der Waals surface area contributed by atoms with Crippen LogP contribution in [-0.2, 0) is 16.6 Å². The molecule has 0 atom stereocenters. The van der Waals surface area contributed by atoms with E-state index in [1.54, 1.807) is 6.92 Å². The lowest BCUT2D eigenvalue weighted by Crippen LogP contribution is -2.29. The molecule has 122 valence electrons. The van der Waals surface area contributed by atoms with E-state index in [4.69, 9.17) is 5.73 Å². The Kier molecular flexibility index (Phi) is 6.79. The quantitative estimate of drug-likeness (QED) is 0.578. The zero-order valence-corrected chi connectivity index (χ0v) is 14.1. The Morgan fingerprint density at radius 2 is 2.05 bits per heavy atom. The zero-order valence-electron chi connectivity index (χ0n) is 13.3. The van der Waals surface area contributed by atoms with Crippen molar-refractivity contribution < 1.29 is 8.42 Å². The minimum Gasteiger partial charge on any atom is -0.326 e. The third-order valence-electron chi connectivity index (χ3n) is 3.61. The predicted molar refractivity (Wildman–Crippen MR) is 83.4 cm³/mol. The average Bonchev–Trinajstić information content (AvgIpc) is 2.79. The predicted octanol–water partition coefficient (Wildman–Crippen LogP) is 0.576. The second-order valence-corrected chi connectivity index (χ2v) is 7.20. The summed E-state index contributed by atoms with van der Waals surface area (Å²) in [4.78, 5) is 2.23. The number of aromatic nitrogens is 2. The van der Waals surface area contributed by atoms with Crippen molar-refractivity contribution in [2.75, 3.05) is 20.1 Å². The summed E-state index contributed by atoms with van der Waals surface area (Å²) in [7, 11) is -1.52. The zero-order chi connectivity index (χ0) is 16.0. The molecule has 0 bridgehead atoms. The van der Waals surface area contributed by atoms with Crippen molar-refractivity contribution in [3.05, 3.63) is 11.3 Å². The number of rotatable bonds is 9. The molecule has 0 spiro atoms. The Hall–Kier alpha value is -0.960. The van der Waals surface area contributed by atoms with Gasteiger partial charge in [0.15, 0.2) is 5.03 Å². The smallest absolute Gasteiger partial charge is 0.260 e. The van der Waals surface area contributed by atoms with Crippen LogP contribution in [-0.4, -0.2) is 49.7 Å². The van der Waals surface area contributed by atoms with Crippen molar-refractivity contribution in [3.63, 3.8) is 0 Å². The third kappa shape index (κ3) is 5.06. The lowest BCUT2D eigenvalue weighted by atomic mass is 10.2. The molecule has 0 aliphatic carbocycles. The van der Waals surface area contributed by atoms with Gasteiger partial charge in [-0.25, -0.2) is 13.1 Å². The number of nitrogens with one attached hydrogen (secondary N) is 2. The van der Waals surface area contributed by atoms with Crippen LogP contribution < -0.4 is 10.5 Å². The average molecular weight is 317 g/mol. The molecule has 0 aromatic carbocycles. The van der Waals surface area contributed by atoms with Gasteiger partial charge in [0, 0.05) is 30.4 Å². The van der Waals surface area contributed by atoms with Crippen LogP contribution in [0.2, 0.25) is 0 Å². The first kappa shape index (κ1) is 18.1. The van der Waals surface area contributed by atoms with Gasteiger partial charge in [0.1, 0.15) is 0 Å². The van der Waals surface area contributed by atoms with Gasteiger partial charge in [-0.15, -0.1) is 0 Å². The lowest BCUT2D eigenvalue weighted by molar-refractivity contribution is 0.268. The van der Waals surface area contributed by atoms with Crippen LogP contribution in [0.1, 0.15) is 37.9 Å². The fraction of sp³-hybridized carbons (Fsp3) is 0.769. The molecule has 0 radical (unpaired) electrons. The van der Waals surface area contributed by atoms with Gasteiger partial charge in [0.05, 0.1) is 0 Å². The fourth-order valence-corrected chi connectivity index (χ4v) is 3.19. The molecule has 8 heteroatoms.